The Hall–Kier alpha value is -1.52. The number of rotatable bonds is 4. The highest BCUT2D eigenvalue weighted by Gasteiger charge is 2.35. The number of halogens is 3. The van der Waals surface area contributed by atoms with E-state index in [2.05, 4.69) is 5.32 Å². The molecule has 1 aromatic rings. The third-order valence-corrected chi connectivity index (χ3v) is 3.24. The zero-order valence-corrected chi connectivity index (χ0v) is 12.6. The van der Waals surface area contributed by atoms with Gasteiger partial charge in [-0.15, -0.1) is 0 Å². The largest absolute Gasteiger partial charge is 0.417 e. The molecule has 1 aromatic carbocycles. The molecule has 0 aliphatic heterocycles. The minimum absolute atomic E-state index is 0.0960. The number of carbonyl (C=O) groups excluding carboxylic acids is 1. The fraction of sp³-hybridized carbons (Fsp3) is 0.562. The molecule has 0 saturated heterocycles. The lowest BCUT2D eigenvalue weighted by Crippen LogP contribution is -2.34. The van der Waals surface area contributed by atoms with Crippen LogP contribution in [0.15, 0.2) is 24.3 Å². The molecule has 118 valence electrons. The number of carbonyl (C=O) groups is 1. The van der Waals surface area contributed by atoms with Crippen molar-refractivity contribution in [3.05, 3.63) is 35.4 Å². The summed E-state index contributed by atoms with van der Waals surface area (Å²) >= 11 is 0. The Morgan fingerprint density at radius 1 is 1.29 bits per heavy atom. The standard InChI is InChI=1S/C14H16F3NO.C2H6/c1-9(8-10-6-7-10)18-13(19)11-4-2-3-5-12(11)14(15,16)17;1-2/h2-5,9-10H,6-8H2,1H3,(H,18,19);1-2H3. The lowest BCUT2D eigenvalue weighted by Gasteiger charge is -2.16. The minimum Gasteiger partial charge on any atom is -0.350 e. The summed E-state index contributed by atoms with van der Waals surface area (Å²) in [7, 11) is 0. The van der Waals surface area contributed by atoms with Crippen LogP contribution in [0.1, 0.15) is 56.0 Å². The van der Waals surface area contributed by atoms with Crippen LogP contribution in [0.25, 0.3) is 0 Å². The summed E-state index contributed by atoms with van der Waals surface area (Å²) in [6, 6.07) is 4.77. The summed E-state index contributed by atoms with van der Waals surface area (Å²) in [5.41, 5.74) is -1.19. The predicted octanol–water partition coefficient (Wildman–Crippen LogP) is 4.65. The first-order valence-corrected chi connectivity index (χ1v) is 7.35. The maximum absolute atomic E-state index is 12.8. The first-order chi connectivity index (χ1) is 9.88. The van der Waals surface area contributed by atoms with Crippen LogP contribution in [0.4, 0.5) is 13.2 Å². The van der Waals surface area contributed by atoms with E-state index in [-0.39, 0.29) is 11.6 Å². The summed E-state index contributed by atoms with van der Waals surface area (Å²) in [6.07, 6.45) is -1.37. The molecular weight excluding hydrogens is 279 g/mol. The van der Waals surface area contributed by atoms with Crippen LogP contribution in [-0.2, 0) is 6.18 Å². The maximum atomic E-state index is 12.8. The average Bonchev–Trinajstić information content (AvgIpc) is 3.23. The minimum atomic E-state index is -4.51. The summed E-state index contributed by atoms with van der Waals surface area (Å²) in [5, 5.41) is 2.64. The normalized spacial score (nSPS) is 15.7. The number of nitrogens with one attached hydrogen (secondary N) is 1. The highest BCUT2D eigenvalue weighted by Crippen LogP contribution is 2.34. The van der Waals surface area contributed by atoms with Crippen LogP contribution in [0.3, 0.4) is 0 Å². The molecule has 0 spiro atoms. The molecule has 5 heteroatoms. The highest BCUT2D eigenvalue weighted by atomic mass is 19.4. The lowest BCUT2D eigenvalue weighted by molar-refractivity contribution is -0.137. The molecule has 21 heavy (non-hydrogen) atoms. The van der Waals surface area contributed by atoms with Gasteiger partial charge >= 0.3 is 6.18 Å². The molecule has 1 saturated carbocycles. The van der Waals surface area contributed by atoms with E-state index < -0.39 is 17.6 Å². The summed E-state index contributed by atoms with van der Waals surface area (Å²) < 4.78 is 38.4. The van der Waals surface area contributed by atoms with E-state index in [1.807, 2.05) is 20.8 Å². The third kappa shape index (κ3) is 5.40. The Bertz CT molecular complexity index is 467. The Morgan fingerprint density at radius 2 is 1.86 bits per heavy atom. The van der Waals surface area contributed by atoms with Crippen LogP contribution in [0.5, 0.6) is 0 Å². The van der Waals surface area contributed by atoms with Gasteiger partial charge in [-0.25, -0.2) is 0 Å². The van der Waals surface area contributed by atoms with Gasteiger partial charge in [0.05, 0.1) is 11.1 Å². The van der Waals surface area contributed by atoms with Crippen LogP contribution in [0.2, 0.25) is 0 Å². The number of alkyl halides is 3. The van der Waals surface area contributed by atoms with Crippen LogP contribution in [0, 0.1) is 5.92 Å². The van der Waals surface area contributed by atoms with E-state index >= 15 is 0 Å². The van der Waals surface area contributed by atoms with Gasteiger partial charge < -0.3 is 5.32 Å². The molecule has 1 fully saturated rings. The number of hydrogen-bond acceptors (Lipinski definition) is 1. The molecule has 0 radical (unpaired) electrons. The van der Waals surface area contributed by atoms with Crippen molar-refractivity contribution in [2.24, 2.45) is 5.92 Å². The smallest absolute Gasteiger partial charge is 0.350 e. The second-order valence-corrected chi connectivity index (χ2v) is 5.10. The molecular formula is C16H22F3NO. The first kappa shape index (κ1) is 17.5. The first-order valence-electron chi connectivity index (χ1n) is 7.35. The number of amides is 1. The van der Waals surface area contributed by atoms with Gasteiger partial charge in [-0.2, -0.15) is 13.2 Å². The molecule has 2 rings (SSSR count). The summed E-state index contributed by atoms with van der Waals surface area (Å²) in [4.78, 5) is 11.9. The fourth-order valence-corrected chi connectivity index (χ4v) is 2.14. The van der Waals surface area contributed by atoms with Gasteiger partial charge in [0.15, 0.2) is 0 Å². The number of hydrogen-bond donors (Lipinski definition) is 1. The molecule has 0 heterocycles. The van der Waals surface area contributed by atoms with Crippen molar-refractivity contribution in [2.75, 3.05) is 0 Å². The van der Waals surface area contributed by atoms with Crippen molar-refractivity contribution in [3.63, 3.8) is 0 Å². The van der Waals surface area contributed by atoms with Gasteiger partial charge in [-0.05, 0) is 31.4 Å². The summed E-state index contributed by atoms with van der Waals surface area (Å²) in [6.45, 7) is 5.83. The molecule has 1 N–H and O–H groups in total. The Labute approximate surface area is 123 Å². The van der Waals surface area contributed by atoms with Gasteiger partial charge in [0.1, 0.15) is 0 Å². The third-order valence-electron chi connectivity index (χ3n) is 3.24. The fourth-order valence-electron chi connectivity index (χ4n) is 2.14. The van der Waals surface area contributed by atoms with Crippen molar-refractivity contribution in [3.8, 4) is 0 Å². The molecule has 0 aromatic heterocycles. The molecule has 1 aliphatic carbocycles. The van der Waals surface area contributed by atoms with E-state index in [4.69, 9.17) is 0 Å². The SMILES string of the molecule is CC.CC(CC1CC1)NC(=O)c1ccccc1C(F)(F)F. The van der Waals surface area contributed by atoms with E-state index in [0.717, 1.165) is 25.3 Å². The van der Waals surface area contributed by atoms with E-state index in [9.17, 15) is 18.0 Å². The average molecular weight is 301 g/mol. The van der Waals surface area contributed by atoms with Gasteiger partial charge in [0.25, 0.3) is 5.91 Å². The second-order valence-electron chi connectivity index (χ2n) is 5.10. The molecule has 2 nitrogen and oxygen atoms in total. The van der Waals surface area contributed by atoms with Crippen molar-refractivity contribution >= 4 is 5.91 Å². The van der Waals surface area contributed by atoms with Crippen molar-refractivity contribution < 1.29 is 18.0 Å². The van der Waals surface area contributed by atoms with Gasteiger partial charge in [-0.3, -0.25) is 4.79 Å². The quantitative estimate of drug-likeness (QED) is 0.861. The van der Waals surface area contributed by atoms with E-state index in [0.29, 0.717) is 5.92 Å². The van der Waals surface area contributed by atoms with Crippen molar-refractivity contribution in [2.45, 2.75) is 52.3 Å². The zero-order chi connectivity index (χ0) is 16.0. The Kier molecular flexibility index (Phi) is 6.24. The Morgan fingerprint density at radius 3 is 2.38 bits per heavy atom. The van der Waals surface area contributed by atoms with Crippen molar-refractivity contribution in [1.82, 2.24) is 5.32 Å². The van der Waals surface area contributed by atoms with Gasteiger partial charge in [0, 0.05) is 6.04 Å². The second kappa shape index (κ2) is 7.48. The van der Waals surface area contributed by atoms with Gasteiger partial charge in [-0.1, -0.05) is 38.8 Å². The van der Waals surface area contributed by atoms with Crippen LogP contribution in [-0.4, -0.2) is 11.9 Å². The van der Waals surface area contributed by atoms with Gasteiger partial charge in [0.2, 0.25) is 0 Å². The van der Waals surface area contributed by atoms with Crippen LogP contribution < -0.4 is 5.32 Å². The molecule has 0 bridgehead atoms. The van der Waals surface area contributed by atoms with E-state index in [1.54, 1.807) is 0 Å². The molecule has 1 atom stereocenters. The summed E-state index contributed by atoms with van der Waals surface area (Å²) in [5.74, 6) is -0.0331. The molecule has 1 aliphatic rings. The topological polar surface area (TPSA) is 29.1 Å². The molecule has 1 unspecified atom stereocenters. The van der Waals surface area contributed by atoms with Crippen LogP contribution >= 0.6 is 0 Å². The Balaban J connectivity index is 0.00000106. The lowest BCUT2D eigenvalue weighted by atomic mass is 10.1. The zero-order valence-electron chi connectivity index (χ0n) is 12.6. The monoisotopic (exact) mass is 301 g/mol. The van der Waals surface area contributed by atoms with Crippen molar-refractivity contribution in [1.29, 1.82) is 0 Å². The highest BCUT2D eigenvalue weighted by molar-refractivity contribution is 5.96. The van der Waals surface area contributed by atoms with E-state index in [1.165, 1.54) is 18.2 Å². The molecule has 1 amide bonds. The number of benzene rings is 1. The predicted molar refractivity (Wildman–Crippen MR) is 77.1 cm³/mol. The maximum Gasteiger partial charge on any atom is 0.417 e.